The van der Waals surface area contributed by atoms with Crippen molar-refractivity contribution >= 4 is 11.8 Å². The zero-order valence-corrected chi connectivity index (χ0v) is 9.40. The van der Waals surface area contributed by atoms with Crippen LogP contribution >= 0.6 is 0 Å². The van der Waals surface area contributed by atoms with E-state index >= 15 is 0 Å². The monoisotopic (exact) mass is 238 g/mol. The van der Waals surface area contributed by atoms with E-state index in [1.807, 2.05) is 0 Å². The second kappa shape index (κ2) is 5.03. The first-order chi connectivity index (χ1) is 8.16. The van der Waals surface area contributed by atoms with E-state index in [0.29, 0.717) is 31.6 Å². The number of anilines is 1. The SMILES string of the molecule is O=C(O)N1CCC(Nc2ccccc2F)CC1. The third-order valence-electron chi connectivity index (χ3n) is 3.00. The van der Waals surface area contributed by atoms with Crippen LogP contribution in [0.5, 0.6) is 0 Å². The summed E-state index contributed by atoms with van der Waals surface area (Å²) >= 11 is 0. The first-order valence-electron chi connectivity index (χ1n) is 5.66. The van der Waals surface area contributed by atoms with Crippen LogP contribution in [0.4, 0.5) is 14.9 Å². The third kappa shape index (κ3) is 2.87. The Labute approximate surface area is 99.0 Å². The zero-order valence-electron chi connectivity index (χ0n) is 9.40. The van der Waals surface area contributed by atoms with Gasteiger partial charge < -0.3 is 15.3 Å². The Morgan fingerprint density at radius 1 is 1.35 bits per heavy atom. The summed E-state index contributed by atoms with van der Waals surface area (Å²) in [4.78, 5) is 12.1. The van der Waals surface area contributed by atoms with E-state index in [1.54, 1.807) is 18.2 Å². The molecule has 0 atom stereocenters. The number of piperidine rings is 1. The van der Waals surface area contributed by atoms with Crippen LogP contribution in [-0.4, -0.2) is 35.2 Å². The lowest BCUT2D eigenvalue weighted by atomic mass is 10.1. The number of para-hydroxylation sites is 1. The van der Waals surface area contributed by atoms with Crippen molar-refractivity contribution in [3.05, 3.63) is 30.1 Å². The van der Waals surface area contributed by atoms with Crippen LogP contribution in [0.1, 0.15) is 12.8 Å². The van der Waals surface area contributed by atoms with Crippen molar-refractivity contribution in [2.75, 3.05) is 18.4 Å². The summed E-state index contributed by atoms with van der Waals surface area (Å²) in [7, 11) is 0. The fourth-order valence-corrected chi connectivity index (χ4v) is 2.01. The maximum absolute atomic E-state index is 13.4. The molecule has 1 aromatic rings. The Kier molecular flexibility index (Phi) is 3.46. The molecule has 2 N–H and O–H groups in total. The van der Waals surface area contributed by atoms with Crippen molar-refractivity contribution in [2.45, 2.75) is 18.9 Å². The van der Waals surface area contributed by atoms with E-state index < -0.39 is 6.09 Å². The fourth-order valence-electron chi connectivity index (χ4n) is 2.01. The van der Waals surface area contributed by atoms with Gasteiger partial charge in [0.1, 0.15) is 5.82 Å². The number of rotatable bonds is 2. The number of hydrogen-bond donors (Lipinski definition) is 2. The zero-order chi connectivity index (χ0) is 12.3. The molecular weight excluding hydrogens is 223 g/mol. The van der Waals surface area contributed by atoms with Crippen molar-refractivity contribution in [3.8, 4) is 0 Å². The van der Waals surface area contributed by atoms with E-state index in [1.165, 1.54) is 11.0 Å². The highest BCUT2D eigenvalue weighted by Crippen LogP contribution is 2.19. The van der Waals surface area contributed by atoms with E-state index in [4.69, 9.17) is 5.11 Å². The number of carboxylic acid groups (broad SMARTS) is 1. The smallest absolute Gasteiger partial charge is 0.407 e. The summed E-state index contributed by atoms with van der Waals surface area (Å²) in [5, 5.41) is 11.9. The predicted molar refractivity (Wildman–Crippen MR) is 62.6 cm³/mol. The van der Waals surface area contributed by atoms with Gasteiger partial charge in [0.25, 0.3) is 0 Å². The highest BCUT2D eigenvalue weighted by molar-refractivity contribution is 5.65. The van der Waals surface area contributed by atoms with Crippen molar-refractivity contribution in [2.24, 2.45) is 0 Å². The number of amides is 1. The second-order valence-corrected chi connectivity index (χ2v) is 4.17. The average molecular weight is 238 g/mol. The molecule has 5 heteroatoms. The van der Waals surface area contributed by atoms with Gasteiger partial charge in [0, 0.05) is 19.1 Å². The third-order valence-corrected chi connectivity index (χ3v) is 3.00. The molecule has 1 heterocycles. The second-order valence-electron chi connectivity index (χ2n) is 4.17. The van der Waals surface area contributed by atoms with Crippen molar-refractivity contribution < 1.29 is 14.3 Å². The van der Waals surface area contributed by atoms with Gasteiger partial charge in [0.15, 0.2) is 0 Å². The largest absolute Gasteiger partial charge is 0.465 e. The summed E-state index contributed by atoms with van der Waals surface area (Å²) in [6.07, 6.45) is 0.538. The van der Waals surface area contributed by atoms with Crippen LogP contribution in [0.25, 0.3) is 0 Å². The summed E-state index contributed by atoms with van der Waals surface area (Å²) in [6.45, 7) is 1.00. The van der Waals surface area contributed by atoms with Gasteiger partial charge in [-0.05, 0) is 25.0 Å². The van der Waals surface area contributed by atoms with Gasteiger partial charge in [-0.25, -0.2) is 9.18 Å². The van der Waals surface area contributed by atoms with Gasteiger partial charge in [-0.1, -0.05) is 12.1 Å². The first-order valence-corrected chi connectivity index (χ1v) is 5.66. The molecule has 0 aliphatic carbocycles. The Hall–Kier alpha value is -1.78. The Balaban J connectivity index is 1.90. The summed E-state index contributed by atoms with van der Waals surface area (Å²) in [5.41, 5.74) is 0.487. The topological polar surface area (TPSA) is 52.6 Å². The van der Waals surface area contributed by atoms with Crippen molar-refractivity contribution in [1.82, 2.24) is 4.90 Å². The highest BCUT2D eigenvalue weighted by atomic mass is 19.1. The highest BCUT2D eigenvalue weighted by Gasteiger charge is 2.22. The summed E-state index contributed by atoms with van der Waals surface area (Å²) < 4.78 is 13.4. The molecule has 1 saturated heterocycles. The Morgan fingerprint density at radius 3 is 2.59 bits per heavy atom. The van der Waals surface area contributed by atoms with Crippen LogP contribution in [0.2, 0.25) is 0 Å². The molecule has 0 radical (unpaired) electrons. The van der Waals surface area contributed by atoms with E-state index in [2.05, 4.69) is 5.32 Å². The number of carbonyl (C=O) groups is 1. The van der Waals surface area contributed by atoms with Crippen LogP contribution in [0, 0.1) is 5.82 Å². The molecule has 4 nitrogen and oxygen atoms in total. The molecule has 0 bridgehead atoms. The van der Waals surface area contributed by atoms with Crippen LogP contribution in [0.15, 0.2) is 24.3 Å². The van der Waals surface area contributed by atoms with Crippen LogP contribution in [0.3, 0.4) is 0 Å². The Morgan fingerprint density at radius 2 is 2.00 bits per heavy atom. The lowest BCUT2D eigenvalue weighted by Crippen LogP contribution is -2.41. The number of halogens is 1. The fraction of sp³-hybridized carbons (Fsp3) is 0.417. The minimum atomic E-state index is -0.880. The number of nitrogens with zero attached hydrogens (tertiary/aromatic N) is 1. The molecule has 92 valence electrons. The molecule has 1 amide bonds. The van der Waals surface area contributed by atoms with Crippen LogP contribution < -0.4 is 5.32 Å². The lowest BCUT2D eigenvalue weighted by Gasteiger charge is -2.31. The average Bonchev–Trinajstić information content (AvgIpc) is 2.33. The maximum Gasteiger partial charge on any atom is 0.407 e. The van der Waals surface area contributed by atoms with Gasteiger partial charge in [0.05, 0.1) is 5.69 Å². The minimum Gasteiger partial charge on any atom is -0.465 e. The minimum absolute atomic E-state index is 0.141. The Bertz CT molecular complexity index is 403. The quantitative estimate of drug-likeness (QED) is 0.831. The van der Waals surface area contributed by atoms with Crippen molar-refractivity contribution in [1.29, 1.82) is 0 Å². The molecule has 0 aromatic heterocycles. The number of likely N-dealkylation sites (tertiary alicyclic amines) is 1. The van der Waals surface area contributed by atoms with Gasteiger partial charge in [-0.3, -0.25) is 0 Å². The molecule has 1 aliphatic heterocycles. The molecule has 2 rings (SSSR count). The molecule has 0 spiro atoms. The molecule has 0 saturated carbocycles. The normalized spacial score (nSPS) is 16.9. The predicted octanol–water partition coefficient (Wildman–Crippen LogP) is 2.38. The molecule has 1 fully saturated rings. The molecule has 1 aliphatic rings. The van der Waals surface area contributed by atoms with Gasteiger partial charge >= 0.3 is 6.09 Å². The van der Waals surface area contributed by atoms with Gasteiger partial charge in [-0.2, -0.15) is 0 Å². The number of nitrogens with one attached hydrogen (secondary N) is 1. The van der Waals surface area contributed by atoms with E-state index in [0.717, 1.165) is 0 Å². The van der Waals surface area contributed by atoms with Crippen LogP contribution in [-0.2, 0) is 0 Å². The lowest BCUT2D eigenvalue weighted by molar-refractivity contribution is 0.133. The van der Waals surface area contributed by atoms with Crippen molar-refractivity contribution in [3.63, 3.8) is 0 Å². The van der Waals surface area contributed by atoms with Gasteiger partial charge in [0.2, 0.25) is 0 Å². The number of benzene rings is 1. The molecule has 1 aromatic carbocycles. The molecule has 17 heavy (non-hydrogen) atoms. The molecular formula is C12H15FN2O2. The van der Waals surface area contributed by atoms with E-state index in [-0.39, 0.29) is 11.9 Å². The summed E-state index contributed by atoms with van der Waals surface area (Å²) in [6, 6.07) is 6.67. The van der Waals surface area contributed by atoms with Gasteiger partial charge in [-0.15, -0.1) is 0 Å². The molecule has 0 unspecified atom stereocenters. The summed E-state index contributed by atoms with van der Waals surface area (Å²) in [5.74, 6) is -0.270. The first kappa shape index (κ1) is 11.7. The van der Waals surface area contributed by atoms with E-state index in [9.17, 15) is 9.18 Å². The number of hydrogen-bond acceptors (Lipinski definition) is 2. The maximum atomic E-state index is 13.4. The standard InChI is InChI=1S/C12H15FN2O2/c13-10-3-1-2-4-11(10)14-9-5-7-15(8-6-9)12(16)17/h1-4,9,14H,5-8H2,(H,16,17).